The molecule has 10 aromatic carbocycles. The van der Waals surface area contributed by atoms with Crippen molar-refractivity contribution in [3.05, 3.63) is 247 Å². The molecule has 0 saturated heterocycles. The fourth-order valence-corrected chi connectivity index (χ4v) is 11.0. The van der Waals surface area contributed by atoms with Crippen LogP contribution in [0, 0.1) is 20.8 Å². The molecule has 0 radical (unpaired) electrons. The first-order chi connectivity index (χ1) is 34.9. The molecule has 0 aliphatic heterocycles. The molecule has 5 nitrogen and oxygen atoms in total. The Morgan fingerprint density at radius 2 is 0.732 bits per heavy atom. The zero-order chi connectivity index (χ0) is 47.6. The highest BCUT2D eigenvalue weighted by atomic mass is 15.0. The zero-order valence-electron chi connectivity index (χ0n) is 39.7. The summed E-state index contributed by atoms with van der Waals surface area (Å²) in [7, 11) is 0. The van der Waals surface area contributed by atoms with Crippen LogP contribution in [0.1, 0.15) is 16.7 Å². The van der Waals surface area contributed by atoms with Gasteiger partial charge < -0.3 is 9.13 Å². The van der Waals surface area contributed by atoms with E-state index in [0.29, 0.717) is 17.5 Å². The van der Waals surface area contributed by atoms with Crippen molar-refractivity contribution in [3.63, 3.8) is 0 Å². The van der Waals surface area contributed by atoms with Gasteiger partial charge in [-0.3, -0.25) is 0 Å². The first kappa shape index (κ1) is 42.0. The van der Waals surface area contributed by atoms with Gasteiger partial charge in [-0.1, -0.05) is 188 Å². The van der Waals surface area contributed by atoms with Gasteiger partial charge in [0.15, 0.2) is 17.5 Å². The third-order valence-electron chi connectivity index (χ3n) is 14.0. The number of hydrogen-bond donors (Lipinski definition) is 0. The molecule has 71 heavy (non-hydrogen) atoms. The van der Waals surface area contributed by atoms with E-state index in [2.05, 4.69) is 224 Å². The summed E-state index contributed by atoms with van der Waals surface area (Å²) in [6.07, 6.45) is 0. The lowest BCUT2D eigenvalue weighted by Gasteiger charge is -2.21. The summed E-state index contributed by atoms with van der Waals surface area (Å²) in [5.74, 6) is 1.84. The van der Waals surface area contributed by atoms with Gasteiger partial charge in [-0.15, -0.1) is 0 Å². The van der Waals surface area contributed by atoms with Gasteiger partial charge in [-0.25, -0.2) is 15.0 Å². The van der Waals surface area contributed by atoms with Crippen molar-refractivity contribution in [2.45, 2.75) is 20.8 Å². The summed E-state index contributed by atoms with van der Waals surface area (Å²) in [5, 5.41) is 4.82. The van der Waals surface area contributed by atoms with E-state index in [9.17, 15) is 0 Å². The average molecular weight is 910 g/mol. The molecule has 3 aromatic heterocycles. The zero-order valence-corrected chi connectivity index (χ0v) is 39.7. The average Bonchev–Trinajstić information content (AvgIpc) is 3.93. The molecule has 13 rings (SSSR count). The fourth-order valence-electron chi connectivity index (χ4n) is 11.0. The van der Waals surface area contributed by atoms with Crippen molar-refractivity contribution in [1.82, 2.24) is 24.1 Å². The van der Waals surface area contributed by atoms with Crippen LogP contribution in [-0.4, -0.2) is 24.1 Å². The Balaban J connectivity index is 1.15. The summed E-state index contributed by atoms with van der Waals surface area (Å²) in [6, 6.07) is 82.7. The van der Waals surface area contributed by atoms with Crippen molar-refractivity contribution < 1.29 is 0 Å². The molecule has 0 fully saturated rings. The van der Waals surface area contributed by atoms with E-state index in [1.165, 1.54) is 60.4 Å². The van der Waals surface area contributed by atoms with E-state index in [-0.39, 0.29) is 0 Å². The summed E-state index contributed by atoms with van der Waals surface area (Å²) in [4.78, 5) is 15.6. The topological polar surface area (TPSA) is 48.5 Å². The summed E-state index contributed by atoms with van der Waals surface area (Å²) >= 11 is 0. The third kappa shape index (κ3) is 7.21. The second-order valence-corrected chi connectivity index (χ2v) is 18.6. The summed E-state index contributed by atoms with van der Waals surface area (Å²) in [6.45, 7) is 6.65. The summed E-state index contributed by atoms with van der Waals surface area (Å²) < 4.78 is 4.94. The highest BCUT2D eigenvalue weighted by Gasteiger charge is 2.25. The minimum atomic E-state index is 0.600. The SMILES string of the molecule is Cc1cc(C)c(-c2ccc3c(c2)c2ccc(-n4c5ccccc5c5ccccc54)cc2n3-c2c(-c3ccccc3)cc(-c3nc(-c4ccccc4)nc(-c4ccccc4)n3)cc2-c2ccccc2)c(C)c1. The molecule has 0 bridgehead atoms. The lowest BCUT2D eigenvalue weighted by Crippen LogP contribution is -2.04. The Morgan fingerprint density at radius 1 is 0.296 bits per heavy atom. The molecule has 0 atom stereocenters. The minimum Gasteiger partial charge on any atom is -0.309 e. The molecule has 0 amide bonds. The molecule has 0 saturated carbocycles. The Hall–Kier alpha value is -9.19. The lowest BCUT2D eigenvalue weighted by molar-refractivity contribution is 1.07. The Kier molecular flexibility index (Phi) is 10.1. The standard InChI is InChI=1S/C66H47N5/c1-42-36-43(2)62(44(3)37-42)49-32-35-60-57(38-49)54-34-33-51(70-58-30-18-16-28-52(58)53-29-17-19-31-59(53)70)41-61(54)71(60)63-55(45-20-8-4-9-21-45)39-50(40-56(63)46-22-10-5-11-23-46)66-68-64(47-24-12-6-13-25-47)67-65(69-66)48-26-14-7-15-27-48/h4-41H,1-3H3. The number of aryl methyl sites for hydroxylation is 3. The molecule has 0 unspecified atom stereocenters. The molecular weight excluding hydrogens is 863 g/mol. The minimum absolute atomic E-state index is 0.600. The maximum absolute atomic E-state index is 5.28. The number of nitrogens with zero attached hydrogens (tertiary/aromatic N) is 5. The molecule has 5 heteroatoms. The van der Waals surface area contributed by atoms with E-state index < -0.39 is 0 Å². The smallest absolute Gasteiger partial charge is 0.164 e. The van der Waals surface area contributed by atoms with Crippen LogP contribution < -0.4 is 0 Å². The van der Waals surface area contributed by atoms with Crippen LogP contribution in [0.25, 0.3) is 123 Å². The van der Waals surface area contributed by atoms with Gasteiger partial charge in [0, 0.05) is 55.0 Å². The van der Waals surface area contributed by atoms with Gasteiger partial charge in [0.2, 0.25) is 0 Å². The maximum Gasteiger partial charge on any atom is 0.164 e. The quantitative estimate of drug-likeness (QED) is 0.153. The Morgan fingerprint density at radius 3 is 1.25 bits per heavy atom. The van der Waals surface area contributed by atoms with Crippen LogP contribution in [0.3, 0.4) is 0 Å². The Labute approximate surface area is 412 Å². The fraction of sp³-hybridized carbons (Fsp3) is 0.0455. The normalized spacial score (nSPS) is 11.6. The van der Waals surface area contributed by atoms with E-state index in [1.807, 2.05) is 36.4 Å². The number of hydrogen-bond acceptors (Lipinski definition) is 3. The number of para-hydroxylation sites is 2. The van der Waals surface area contributed by atoms with Gasteiger partial charge in [0.1, 0.15) is 0 Å². The van der Waals surface area contributed by atoms with Crippen LogP contribution in [0.15, 0.2) is 231 Å². The lowest BCUT2D eigenvalue weighted by atomic mass is 9.92. The van der Waals surface area contributed by atoms with Crippen LogP contribution >= 0.6 is 0 Å². The van der Waals surface area contributed by atoms with Crippen molar-refractivity contribution in [3.8, 4) is 78.9 Å². The van der Waals surface area contributed by atoms with Crippen LogP contribution in [0.5, 0.6) is 0 Å². The number of benzene rings is 10. The van der Waals surface area contributed by atoms with Crippen molar-refractivity contribution in [2.75, 3.05) is 0 Å². The number of rotatable bonds is 8. The molecular formula is C66H47N5. The van der Waals surface area contributed by atoms with Crippen molar-refractivity contribution in [1.29, 1.82) is 0 Å². The molecule has 13 aromatic rings. The van der Waals surface area contributed by atoms with Crippen LogP contribution in [0.2, 0.25) is 0 Å². The van der Waals surface area contributed by atoms with Crippen molar-refractivity contribution in [2.24, 2.45) is 0 Å². The van der Waals surface area contributed by atoms with Crippen molar-refractivity contribution >= 4 is 43.6 Å². The van der Waals surface area contributed by atoms with E-state index in [1.54, 1.807) is 0 Å². The number of fused-ring (bicyclic) bond motifs is 6. The highest BCUT2D eigenvalue weighted by molar-refractivity contribution is 6.14. The van der Waals surface area contributed by atoms with E-state index >= 15 is 0 Å². The van der Waals surface area contributed by atoms with E-state index in [0.717, 1.165) is 61.4 Å². The van der Waals surface area contributed by atoms with Gasteiger partial charge >= 0.3 is 0 Å². The van der Waals surface area contributed by atoms with Crippen LogP contribution in [0.4, 0.5) is 0 Å². The molecule has 3 heterocycles. The second-order valence-electron chi connectivity index (χ2n) is 18.6. The molecule has 0 aliphatic carbocycles. The maximum atomic E-state index is 5.28. The highest BCUT2D eigenvalue weighted by Crippen LogP contribution is 2.46. The predicted octanol–water partition coefficient (Wildman–Crippen LogP) is 17.0. The van der Waals surface area contributed by atoms with Crippen LogP contribution in [-0.2, 0) is 0 Å². The molecule has 0 spiro atoms. The van der Waals surface area contributed by atoms with Gasteiger partial charge in [0.25, 0.3) is 0 Å². The van der Waals surface area contributed by atoms with E-state index in [4.69, 9.17) is 15.0 Å². The first-order valence-electron chi connectivity index (χ1n) is 24.3. The summed E-state index contributed by atoms with van der Waals surface area (Å²) in [5.41, 5.74) is 20.1. The molecule has 336 valence electrons. The Bertz CT molecular complexity index is 3980. The molecule has 0 N–H and O–H groups in total. The first-order valence-corrected chi connectivity index (χ1v) is 24.3. The molecule has 0 aliphatic rings. The van der Waals surface area contributed by atoms with Gasteiger partial charge in [-0.2, -0.15) is 0 Å². The van der Waals surface area contributed by atoms with Gasteiger partial charge in [-0.05, 0) is 103 Å². The third-order valence-corrected chi connectivity index (χ3v) is 14.0. The van der Waals surface area contributed by atoms with Gasteiger partial charge in [0.05, 0.1) is 27.8 Å². The predicted molar refractivity (Wildman–Crippen MR) is 295 cm³/mol. The number of aromatic nitrogens is 5. The second kappa shape index (κ2) is 17.1. The largest absolute Gasteiger partial charge is 0.309 e. The monoisotopic (exact) mass is 909 g/mol.